The Kier molecular flexibility index (Phi) is 2.38. The van der Waals surface area contributed by atoms with Gasteiger partial charge in [-0.3, -0.25) is 0 Å². The molecule has 86 valence electrons. The molecule has 5 nitrogen and oxygen atoms in total. The van der Waals surface area contributed by atoms with Gasteiger partial charge >= 0.3 is 0 Å². The van der Waals surface area contributed by atoms with Gasteiger partial charge in [-0.1, -0.05) is 5.16 Å². The van der Waals surface area contributed by atoms with Gasteiger partial charge in [-0.25, -0.2) is 4.98 Å². The van der Waals surface area contributed by atoms with Crippen LogP contribution in [0.5, 0.6) is 0 Å². The van der Waals surface area contributed by atoms with Crippen molar-refractivity contribution in [1.29, 1.82) is 0 Å². The summed E-state index contributed by atoms with van der Waals surface area (Å²) < 4.78 is 6.11. The normalized spacial score (nSPS) is 11.2. The van der Waals surface area contributed by atoms with Crippen LogP contribution in [0.2, 0.25) is 0 Å². The van der Waals surface area contributed by atoms with E-state index in [1.54, 1.807) is 11.3 Å². The molecule has 0 bridgehead atoms. The quantitative estimate of drug-likeness (QED) is 0.749. The Morgan fingerprint density at radius 1 is 1.35 bits per heavy atom. The van der Waals surface area contributed by atoms with Crippen LogP contribution in [0.4, 0.5) is 0 Å². The maximum absolute atomic E-state index is 5.43. The number of fused-ring (bicyclic) bond motifs is 1. The largest absolute Gasteiger partial charge is 0.338 e. The van der Waals surface area contributed by atoms with Gasteiger partial charge in [0.25, 0.3) is 0 Å². The molecule has 0 radical (unpaired) electrons. The minimum absolute atomic E-state index is 0.259. The average molecular weight is 246 g/mol. The third-order valence-electron chi connectivity index (χ3n) is 2.40. The summed E-state index contributed by atoms with van der Waals surface area (Å²) in [5, 5.41) is 4.94. The first-order chi connectivity index (χ1) is 8.26. The summed E-state index contributed by atoms with van der Waals surface area (Å²) in [6.07, 6.45) is 0. The molecule has 0 atom stereocenters. The van der Waals surface area contributed by atoms with Crippen LogP contribution in [0.1, 0.15) is 10.9 Å². The van der Waals surface area contributed by atoms with Crippen molar-refractivity contribution in [3.8, 4) is 11.4 Å². The highest BCUT2D eigenvalue weighted by atomic mass is 32.1. The summed E-state index contributed by atoms with van der Waals surface area (Å²) in [5.74, 6) is 1.01. The monoisotopic (exact) mass is 246 g/mol. The third-order valence-corrected chi connectivity index (χ3v) is 3.33. The van der Waals surface area contributed by atoms with E-state index in [4.69, 9.17) is 10.3 Å². The molecular formula is C11H10N4OS. The van der Waals surface area contributed by atoms with Crippen molar-refractivity contribution in [3.05, 3.63) is 29.1 Å². The van der Waals surface area contributed by atoms with Crippen molar-refractivity contribution in [1.82, 2.24) is 15.1 Å². The Bertz CT molecular complexity index is 673. The molecule has 17 heavy (non-hydrogen) atoms. The van der Waals surface area contributed by atoms with Gasteiger partial charge in [0.2, 0.25) is 11.7 Å². The molecule has 0 aliphatic heterocycles. The fourth-order valence-electron chi connectivity index (χ4n) is 1.63. The maximum Gasteiger partial charge on any atom is 0.240 e. The number of thiazole rings is 1. The fourth-order valence-corrected chi connectivity index (χ4v) is 2.50. The summed E-state index contributed by atoms with van der Waals surface area (Å²) in [5.41, 5.74) is 7.35. The standard InChI is InChI=1S/C11H10N4OS/c1-6-13-8-3-2-7(4-9(8)17-6)11-14-10(5-12)16-15-11/h2-4H,5,12H2,1H3. The molecule has 3 aromatic rings. The van der Waals surface area contributed by atoms with Gasteiger partial charge in [0, 0.05) is 5.56 Å². The fraction of sp³-hybridized carbons (Fsp3) is 0.182. The first-order valence-corrected chi connectivity index (χ1v) is 5.98. The van der Waals surface area contributed by atoms with Gasteiger partial charge in [-0.2, -0.15) is 4.98 Å². The zero-order chi connectivity index (χ0) is 11.8. The number of aromatic nitrogens is 3. The highest BCUT2D eigenvalue weighted by Gasteiger charge is 2.09. The highest BCUT2D eigenvalue weighted by Crippen LogP contribution is 2.26. The third kappa shape index (κ3) is 1.81. The van der Waals surface area contributed by atoms with Crippen LogP contribution in [0, 0.1) is 6.92 Å². The van der Waals surface area contributed by atoms with Crippen LogP contribution >= 0.6 is 11.3 Å². The second-order valence-electron chi connectivity index (χ2n) is 3.63. The summed E-state index contributed by atoms with van der Waals surface area (Å²) >= 11 is 1.65. The molecule has 1 aromatic carbocycles. The summed E-state index contributed by atoms with van der Waals surface area (Å²) in [6.45, 7) is 2.25. The van der Waals surface area contributed by atoms with Crippen molar-refractivity contribution >= 4 is 21.6 Å². The average Bonchev–Trinajstić information content (AvgIpc) is 2.92. The van der Waals surface area contributed by atoms with E-state index in [0.29, 0.717) is 11.7 Å². The van der Waals surface area contributed by atoms with E-state index < -0.39 is 0 Å². The number of hydrogen-bond acceptors (Lipinski definition) is 6. The first-order valence-electron chi connectivity index (χ1n) is 5.16. The smallest absolute Gasteiger partial charge is 0.240 e. The summed E-state index contributed by atoms with van der Waals surface area (Å²) in [4.78, 5) is 8.60. The van der Waals surface area contributed by atoms with E-state index >= 15 is 0 Å². The first kappa shape index (κ1) is 10.4. The van der Waals surface area contributed by atoms with E-state index in [1.807, 2.05) is 25.1 Å². The molecule has 0 amide bonds. The molecule has 0 unspecified atom stereocenters. The number of rotatable bonds is 2. The van der Waals surface area contributed by atoms with Crippen LogP contribution in [-0.4, -0.2) is 15.1 Å². The lowest BCUT2D eigenvalue weighted by atomic mass is 10.2. The highest BCUT2D eigenvalue weighted by molar-refractivity contribution is 7.18. The molecule has 0 aliphatic rings. The van der Waals surface area contributed by atoms with Gasteiger partial charge in [0.05, 0.1) is 21.8 Å². The van der Waals surface area contributed by atoms with Crippen LogP contribution < -0.4 is 5.73 Å². The van der Waals surface area contributed by atoms with Gasteiger partial charge in [-0.15, -0.1) is 11.3 Å². The molecule has 0 saturated carbocycles. The molecule has 2 N–H and O–H groups in total. The van der Waals surface area contributed by atoms with E-state index in [1.165, 1.54) is 0 Å². The van der Waals surface area contributed by atoms with Crippen molar-refractivity contribution < 1.29 is 4.52 Å². The molecule has 0 fully saturated rings. The number of hydrogen-bond donors (Lipinski definition) is 1. The Labute approximate surface area is 101 Å². The van der Waals surface area contributed by atoms with E-state index in [2.05, 4.69) is 15.1 Å². The van der Waals surface area contributed by atoms with Crippen LogP contribution in [0.3, 0.4) is 0 Å². The Hall–Kier alpha value is -1.79. The zero-order valence-electron chi connectivity index (χ0n) is 9.17. The SMILES string of the molecule is Cc1nc2ccc(-c3noc(CN)n3)cc2s1. The van der Waals surface area contributed by atoms with Gasteiger partial charge in [0.1, 0.15) is 0 Å². The Balaban J connectivity index is 2.10. The molecule has 0 saturated heterocycles. The lowest BCUT2D eigenvalue weighted by Gasteiger charge is -1.93. The van der Waals surface area contributed by atoms with Crippen LogP contribution in [0.15, 0.2) is 22.7 Å². The second-order valence-corrected chi connectivity index (χ2v) is 4.87. The van der Waals surface area contributed by atoms with E-state index in [0.717, 1.165) is 20.8 Å². The lowest BCUT2D eigenvalue weighted by Crippen LogP contribution is -1.95. The lowest BCUT2D eigenvalue weighted by molar-refractivity contribution is 0.380. The van der Waals surface area contributed by atoms with Gasteiger partial charge in [-0.05, 0) is 25.1 Å². The molecule has 0 aliphatic carbocycles. The van der Waals surface area contributed by atoms with Crippen molar-refractivity contribution in [2.45, 2.75) is 13.5 Å². The number of nitrogens with zero attached hydrogens (tertiary/aromatic N) is 3. The molecule has 3 rings (SSSR count). The van der Waals surface area contributed by atoms with E-state index in [9.17, 15) is 0 Å². The van der Waals surface area contributed by atoms with Crippen molar-refractivity contribution in [2.75, 3.05) is 0 Å². The summed E-state index contributed by atoms with van der Waals surface area (Å²) in [6, 6.07) is 5.92. The zero-order valence-corrected chi connectivity index (χ0v) is 9.99. The van der Waals surface area contributed by atoms with Gasteiger partial charge in [0.15, 0.2) is 0 Å². The minimum Gasteiger partial charge on any atom is -0.338 e. The topological polar surface area (TPSA) is 77.8 Å². The van der Waals surface area contributed by atoms with Gasteiger partial charge < -0.3 is 10.3 Å². The number of nitrogens with two attached hydrogens (primary N) is 1. The minimum atomic E-state index is 0.259. The maximum atomic E-state index is 5.43. The van der Waals surface area contributed by atoms with Crippen LogP contribution in [0.25, 0.3) is 21.6 Å². The van der Waals surface area contributed by atoms with Crippen molar-refractivity contribution in [3.63, 3.8) is 0 Å². The predicted molar refractivity (Wildman–Crippen MR) is 65.5 cm³/mol. The molecule has 0 spiro atoms. The Morgan fingerprint density at radius 2 is 2.24 bits per heavy atom. The predicted octanol–water partition coefficient (Wildman–Crippen LogP) is 2.11. The Morgan fingerprint density at radius 3 is 3.00 bits per heavy atom. The molecule has 2 heterocycles. The molecule has 6 heteroatoms. The van der Waals surface area contributed by atoms with Crippen LogP contribution in [-0.2, 0) is 6.54 Å². The van der Waals surface area contributed by atoms with Crippen molar-refractivity contribution in [2.24, 2.45) is 5.73 Å². The second kappa shape index (κ2) is 3.90. The molecule has 2 aromatic heterocycles. The number of benzene rings is 1. The number of aryl methyl sites for hydroxylation is 1. The van der Waals surface area contributed by atoms with E-state index in [-0.39, 0.29) is 6.54 Å². The summed E-state index contributed by atoms with van der Waals surface area (Å²) in [7, 11) is 0. The molecular weight excluding hydrogens is 236 g/mol.